The molecular formula is C15H29B. The van der Waals surface area contributed by atoms with Crippen LogP contribution in [0.3, 0.4) is 0 Å². The van der Waals surface area contributed by atoms with Crippen LogP contribution in [0.4, 0.5) is 0 Å². The molecule has 1 heteroatoms. The molecule has 2 rings (SSSR count). The second-order valence-corrected chi connectivity index (χ2v) is 8.37. The van der Waals surface area contributed by atoms with Crippen molar-refractivity contribution in [3.63, 3.8) is 0 Å². The molecule has 16 heavy (non-hydrogen) atoms. The first kappa shape index (κ1) is 12.5. The van der Waals surface area contributed by atoms with Gasteiger partial charge in [-0.25, -0.2) is 0 Å². The van der Waals surface area contributed by atoms with Crippen LogP contribution in [0.1, 0.15) is 60.8 Å². The summed E-state index contributed by atoms with van der Waals surface area (Å²) in [5.74, 6) is 2.79. The van der Waals surface area contributed by atoms with Crippen molar-refractivity contribution in [1.82, 2.24) is 0 Å². The minimum absolute atomic E-state index is 0.467. The van der Waals surface area contributed by atoms with Crippen LogP contribution in [0.15, 0.2) is 0 Å². The molecule has 0 aromatic rings. The predicted octanol–water partition coefficient (Wildman–Crippen LogP) is 3.92. The fourth-order valence-electron chi connectivity index (χ4n) is 4.63. The zero-order valence-corrected chi connectivity index (χ0v) is 12.4. The van der Waals surface area contributed by atoms with Crippen LogP contribution >= 0.6 is 0 Å². The molecule has 0 amide bonds. The second kappa shape index (κ2) is 3.30. The first-order valence-corrected chi connectivity index (χ1v) is 7.11. The third-order valence-electron chi connectivity index (χ3n) is 6.83. The van der Waals surface area contributed by atoms with Gasteiger partial charge in [0.2, 0.25) is 0 Å². The minimum Gasteiger partial charge on any atom is -0.0616 e. The highest BCUT2D eigenvalue weighted by atomic mass is 14.7. The third kappa shape index (κ3) is 1.42. The third-order valence-corrected chi connectivity index (χ3v) is 6.83. The normalized spacial score (nSPS) is 43.6. The predicted molar refractivity (Wildman–Crippen MR) is 74.5 cm³/mol. The second-order valence-electron chi connectivity index (χ2n) is 8.37. The lowest BCUT2D eigenvalue weighted by Gasteiger charge is -2.46. The fourth-order valence-corrected chi connectivity index (χ4v) is 4.63. The summed E-state index contributed by atoms with van der Waals surface area (Å²) < 4.78 is 0. The summed E-state index contributed by atoms with van der Waals surface area (Å²) >= 11 is 0. The SMILES string of the molecule is BC(C1CC2CCC1(C)C2(C)C)C(C)(C)C. The Hall–Kier alpha value is 0.0649. The Bertz CT molecular complexity index is 286. The number of hydrogen-bond acceptors (Lipinski definition) is 0. The Kier molecular flexibility index (Phi) is 2.58. The van der Waals surface area contributed by atoms with Crippen molar-refractivity contribution in [3.8, 4) is 0 Å². The van der Waals surface area contributed by atoms with Crippen molar-refractivity contribution >= 4 is 7.85 Å². The Morgan fingerprint density at radius 1 is 1.19 bits per heavy atom. The van der Waals surface area contributed by atoms with Gasteiger partial charge in [0, 0.05) is 0 Å². The lowest BCUT2D eigenvalue weighted by atomic mass is 9.53. The van der Waals surface area contributed by atoms with Gasteiger partial charge in [0.25, 0.3) is 0 Å². The van der Waals surface area contributed by atoms with Crippen LogP contribution in [0.5, 0.6) is 0 Å². The maximum atomic E-state index is 2.58. The summed E-state index contributed by atoms with van der Waals surface area (Å²) in [6, 6.07) is 0. The van der Waals surface area contributed by atoms with Gasteiger partial charge in [0.1, 0.15) is 7.85 Å². The maximum Gasteiger partial charge on any atom is 0.106 e. The summed E-state index contributed by atoms with van der Waals surface area (Å²) in [5.41, 5.74) is 1.65. The van der Waals surface area contributed by atoms with E-state index in [1.165, 1.54) is 19.3 Å². The van der Waals surface area contributed by atoms with Gasteiger partial charge in [0.15, 0.2) is 0 Å². The molecule has 0 nitrogen and oxygen atoms in total. The Labute approximate surface area is 103 Å². The van der Waals surface area contributed by atoms with Crippen molar-refractivity contribution < 1.29 is 0 Å². The van der Waals surface area contributed by atoms with Crippen LogP contribution in [-0.4, -0.2) is 7.85 Å². The minimum atomic E-state index is 0.467. The van der Waals surface area contributed by atoms with E-state index < -0.39 is 0 Å². The first-order valence-electron chi connectivity index (χ1n) is 7.11. The molecule has 0 aromatic heterocycles. The molecule has 2 aliphatic carbocycles. The number of fused-ring (bicyclic) bond motifs is 2. The summed E-state index contributed by atoms with van der Waals surface area (Å²) in [5, 5.41) is 0. The standard InChI is InChI=1S/C15H29B/c1-13(2,3)12(16)11-9-10-7-8-15(11,6)14(10,4)5/h10-12H,7-9,16H2,1-6H3. The van der Waals surface area contributed by atoms with Crippen LogP contribution in [0.25, 0.3) is 0 Å². The molecule has 0 aliphatic heterocycles. The Morgan fingerprint density at radius 2 is 1.75 bits per heavy atom. The molecule has 2 bridgehead atoms. The van der Waals surface area contributed by atoms with Crippen molar-refractivity contribution in [2.45, 2.75) is 66.6 Å². The van der Waals surface area contributed by atoms with E-state index >= 15 is 0 Å². The van der Waals surface area contributed by atoms with E-state index in [-0.39, 0.29) is 0 Å². The largest absolute Gasteiger partial charge is 0.106 e. The molecule has 0 saturated heterocycles. The van der Waals surface area contributed by atoms with Gasteiger partial charge in [0.05, 0.1) is 0 Å². The summed E-state index contributed by atoms with van der Waals surface area (Å²) in [6.07, 6.45) is 4.44. The van der Waals surface area contributed by atoms with Gasteiger partial charge in [-0.05, 0) is 47.3 Å². The lowest BCUT2D eigenvalue weighted by Crippen LogP contribution is -2.37. The molecule has 2 fully saturated rings. The smallest absolute Gasteiger partial charge is 0.0616 e. The highest BCUT2D eigenvalue weighted by molar-refractivity contribution is 6.12. The molecule has 4 atom stereocenters. The molecule has 0 aromatic carbocycles. The first-order chi connectivity index (χ1) is 7.11. The monoisotopic (exact) mass is 220 g/mol. The number of rotatable bonds is 1. The van der Waals surface area contributed by atoms with Crippen LogP contribution in [0.2, 0.25) is 5.82 Å². The average Bonchev–Trinajstić information content (AvgIpc) is 2.46. The van der Waals surface area contributed by atoms with Crippen molar-refractivity contribution in [2.75, 3.05) is 0 Å². The van der Waals surface area contributed by atoms with Crippen molar-refractivity contribution in [2.24, 2.45) is 28.1 Å². The molecule has 0 heterocycles. The molecule has 0 radical (unpaired) electrons. The lowest BCUT2D eigenvalue weighted by molar-refractivity contribution is 0.0777. The molecule has 2 saturated carbocycles. The number of hydrogen-bond donors (Lipinski definition) is 0. The van der Waals surface area contributed by atoms with E-state index in [0.29, 0.717) is 16.2 Å². The Balaban J connectivity index is 2.28. The van der Waals surface area contributed by atoms with Crippen LogP contribution in [-0.2, 0) is 0 Å². The summed E-state index contributed by atoms with van der Waals surface area (Å²) in [6.45, 7) is 14.9. The topological polar surface area (TPSA) is 0 Å². The van der Waals surface area contributed by atoms with E-state index in [0.717, 1.165) is 17.7 Å². The van der Waals surface area contributed by atoms with E-state index in [1.54, 1.807) is 0 Å². The van der Waals surface area contributed by atoms with Crippen molar-refractivity contribution in [3.05, 3.63) is 0 Å². The van der Waals surface area contributed by atoms with E-state index in [1.807, 2.05) is 0 Å². The zero-order chi connectivity index (χ0) is 12.4. The van der Waals surface area contributed by atoms with E-state index in [9.17, 15) is 0 Å². The quantitative estimate of drug-likeness (QED) is 0.587. The molecule has 0 spiro atoms. The molecular weight excluding hydrogens is 191 g/mol. The van der Waals surface area contributed by atoms with Gasteiger partial charge in [-0.3, -0.25) is 0 Å². The highest BCUT2D eigenvalue weighted by Gasteiger charge is 2.62. The average molecular weight is 220 g/mol. The van der Waals surface area contributed by atoms with Gasteiger partial charge >= 0.3 is 0 Å². The van der Waals surface area contributed by atoms with Gasteiger partial charge in [-0.15, -0.1) is 0 Å². The summed E-state index contributed by atoms with van der Waals surface area (Å²) in [7, 11) is 2.49. The van der Waals surface area contributed by atoms with Crippen LogP contribution < -0.4 is 0 Å². The van der Waals surface area contributed by atoms with E-state index in [4.69, 9.17) is 0 Å². The van der Waals surface area contributed by atoms with Crippen molar-refractivity contribution in [1.29, 1.82) is 0 Å². The maximum absolute atomic E-state index is 2.58. The molecule has 92 valence electrons. The van der Waals surface area contributed by atoms with Gasteiger partial charge in [-0.1, -0.05) is 47.4 Å². The van der Waals surface area contributed by atoms with Gasteiger partial charge < -0.3 is 0 Å². The zero-order valence-electron chi connectivity index (χ0n) is 12.4. The molecule has 4 unspecified atom stereocenters. The Morgan fingerprint density at radius 3 is 2.06 bits per heavy atom. The molecule has 0 N–H and O–H groups in total. The van der Waals surface area contributed by atoms with Gasteiger partial charge in [-0.2, -0.15) is 0 Å². The van der Waals surface area contributed by atoms with Crippen LogP contribution in [0, 0.1) is 28.1 Å². The fraction of sp³-hybridized carbons (Fsp3) is 1.00. The summed E-state index contributed by atoms with van der Waals surface area (Å²) in [4.78, 5) is 0. The molecule has 2 aliphatic rings. The highest BCUT2D eigenvalue weighted by Crippen LogP contribution is 2.71. The van der Waals surface area contributed by atoms with E-state index in [2.05, 4.69) is 49.4 Å².